The summed E-state index contributed by atoms with van der Waals surface area (Å²) >= 11 is 6.80. The summed E-state index contributed by atoms with van der Waals surface area (Å²) in [6, 6.07) is 12.7. The van der Waals surface area contributed by atoms with Crippen LogP contribution < -0.4 is 20.0 Å². The van der Waals surface area contributed by atoms with E-state index in [9.17, 15) is 0 Å². The first-order chi connectivity index (χ1) is 16.2. The van der Waals surface area contributed by atoms with Gasteiger partial charge < -0.3 is 20.0 Å². The number of fused-ring (bicyclic) bond motifs is 3. The van der Waals surface area contributed by atoms with Crippen molar-refractivity contribution in [1.29, 1.82) is 0 Å². The fourth-order valence-corrected chi connectivity index (χ4v) is 5.05. The maximum absolute atomic E-state index is 6.80. The molecule has 166 valence electrons. The summed E-state index contributed by atoms with van der Waals surface area (Å²) < 4.78 is 0. The van der Waals surface area contributed by atoms with Crippen LogP contribution in [0.25, 0.3) is 22.0 Å². The van der Waals surface area contributed by atoms with Crippen LogP contribution in [0.4, 0.5) is 22.7 Å². The lowest BCUT2D eigenvalue weighted by molar-refractivity contribution is 0.589. The molecule has 8 heteroatoms. The van der Waals surface area contributed by atoms with Gasteiger partial charge in [-0.15, -0.1) is 0 Å². The highest BCUT2D eigenvalue weighted by Gasteiger charge is 2.28. The lowest BCUT2D eigenvalue weighted by atomic mass is 10.0. The predicted octanol–water partition coefficient (Wildman–Crippen LogP) is 4.30. The first-order valence-corrected chi connectivity index (χ1v) is 11.5. The van der Waals surface area contributed by atoms with Crippen molar-refractivity contribution in [3.63, 3.8) is 0 Å². The molecule has 0 unspecified atom stereocenters. The van der Waals surface area contributed by atoms with Crippen molar-refractivity contribution in [3.05, 3.63) is 66.3 Å². The van der Waals surface area contributed by atoms with Gasteiger partial charge in [-0.2, -0.15) is 0 Å². The average molecular weight is 458 g/mol. The maximum atomic E-state index is 6.80. The number of halogens is 1. The number of hydrogen-bond acceptors (Lipinski definition) is 7. The van der Waals surface area contributed by atoms with Gasteiger partial charge in [0, 0.05) is 62.3 Å². The van der Waals surface area contributed by atoms with Crippen LogP contribution in [0, 0.1) is 0 Å². The number of piperazine rings is 1. The number of pyridine rings is 1. The molecule has 2 aliphatic heterocycles. The Kier molecular flexibility index (Phi) is 5.00. The van der Waals surface area contributed by atoms with E-state index < -0.39 is 0 Å². The molecule has 0 aliphatic carbocycles. The zero-order chi connectivity index (χ0) is 22.4. The molecule has 1 fully saturated rings. The molecule has 33 heavy (non-hydrogen) atoms. The Balaban J connectivity index is 1.44. The molecule has 2 aromatic heterocycles. The summed E-state index contributed by atoms with van der Waals surface area (Å²) in [4.78, 5) is 20.0. The van der Waals surface area contributed by atoms with Crippen molar-refractivity contribution in [1.82, 2.24) is 20.3 Å². The number of nitrogens with one attached hydrogen (secondary N) is 1. The number of nitrogens with zero attached hydrogens (tertiary/aromatic N) is 6. The number of rotatable bonds is 3. The van der Waals surface area contributed by atoms with E-state index in [0.29, 0.717) is 0 Å². The molecule has 2 aliphatic rings. The van der Waals surface area contributed by atoms with Gasteiger partial charge in [-0.25, -0.2) is 9.97 Å². The van der Waals surface area contributed by atoms with Gasteiger partial charge >= 0.3 is 0 Å². The Labute approximate surface area is 197 Å². The molecule has 0 atom stereocenters. The molecule has 4 heterocycles. The van der Waals surface area contributed by atoms with Crippen LogP contribution in [-0.4, -0.2) is 54.8 Å². The monoisotopic (exact) mass is 457 g/mol. The third kappa shape index (κ3) is 3.53. The number of hydrogen-bond donors (Lipinski definition) is 1. The Morgan fingerprint density at radius 1 is 0.909 bits per heavy atom. The van der Waals surface area contributed by atoms with E-state index in [1.165, 1.54) is 0 Å². The summed E-state index contributed by atoms with van der Waals surface area (Å²) in [7, 11) is 2.10. The van der Waals surface area contributed by atoms with Crippen LogP contribution in [0.2, 0.25) is 5.02 Å². The van der Waals surface area contributed by atoms with Gasteiger partial charge in [0.15, 0.2) is 0 Å². The van der Waals surface area contributed by atoms with E-state index in [0.717, 1.165) is 82.6 Å². The summed E-state index contributed by atoms with van der Waals surface area (Å²) in [5.74, 6) is 0. The molecular weight excluding hydrogens is 434 g/mol. The van der Waals surface area contributed by atoms with Gasteiger partial charge in [-0.3, -0.25) is 4.98 Å². The SMILES string of the molecule is CN1CN(c2ccc(N3CCNCC3)c(Cl)c2)c2c1cnc1ccc(-c3cncnc3)cc21. The van der Waals surface area contributed by atoms with Gasteiger partial charge in [-0.1, -0.05) is 17.7 Å². The second-order valence-corrected chi connectivity index (χ2v) is 8.90. The lowest BCUT2D eigenvalue weighted by Gasteiger charge is -2.31. The predicted molar refractivity (Wildman–Crippen MR) is 135 cm³/mol. The van der Waals surface area contributed by atoms with Crippen LogP contribution in [-0.2, 0) is 0 Å². The quantitative estimate of drug-likeness (QED) is 0.492. The summed E-state index contributed by atoms with van der Waals surface area (Å²) in [6.07, 6.45) is 7.18. The van der Waals surface area contributed by atoms with Crippen molar-refractivity contribution < 1.29 is 0 Å². The topological polar surface area (TPSA) is 60.4 Å². The molecule has 7 nitrogen and oxygen atoms in total. The summed E-state index contributed by atoms with van der Waals surface area (Å²) in [6.45, 7) is 4.64. The fourth-order valence-electron chi connectivity index (χ4n) is 4.75. The second kappa shape index (κ2) is 8.17. The molecule has 0 bridgehead atoms. The lowest BCUT2D eigenvalue weighted by Crippen LogP contribution is -2.43. The van der Waals surface area contributed by atoms with E-state index in [2.05, 4.69) is 73.4 Å². The molecule has 0 saturated carbocycles. The van der Waals surface area contributed by atoms with Crippen LogP contribution in [0.3, 0.4) is 0 Å². The normalized spacial score (nSPS) is 15.9. The molecule has 6 rings (SSSR count). The molecular formula is C25H24ClN7. The third-order valence-corrected chi connectivity index (χ3v) is 6.75. The Morgan fingerprint density at radius 3 is 2.52 bits per heavy atom. The molecule has 0 amide bonds. The molecule has 0 radical (unpaired) electrons. The smallest absolute Gasteiger partial charge is 0.115 e. The number of aromatic nitrogens is 3. The van der Waals surface area contributed by atoms with Crippen LogP contribution in [0.15, 0.2) is 61.3 Å². The van der Waals surface area contributed by atoms with E-state index in [4.69, 9.17) is 16.6 Å². The molecule has 1 N–H and O–H groups in total. The minimum Gasteiger partial charge on any atom is -0.368 e. The van der Waals surface area contributed by atoms with Crippen LogP contribution in [0.5, 0.6) is 0 Å². The third-order valence-electron chi connectivity index (χ3n) is 6.45. The largest absolute Gasteiger partial charge is 0.368 e. The standard InChI is InChI=1S/C25H24ClN7/c1-31-16-33(19-3-5-23(21(26)11-19)32-8-6-27-7-9-32)25-20-10-17(18-12-28-15-29-13-18)2-4-22(20)30-14-24(25)31/h2-5,10-15,27H,6-9,16H2,1H3. The van der Waals surface area contributed by atoms with E-state index in [1.54, 1.807) is 6.33 Å². The number of benzene rings is 2. The minimum atomic E-state index is 0.734. The van der Waals surface area contributed by atoms with Crippen molar-refractivity contribution in [3.8, 4) is 11.1 Å². The van der Waals surface area contributed by atoms with E-state index in [-0.39, 0.29) is 0 Å². The van der Waals surface area contributed by atoms with Crippen molar-refractivity contribution in [2.45, 2.75) is 0 Å². The van der Waals surface area contributed by atoms with Gasteiger partial charge in [0.2, 0.25) is 0 Å². The van der Waals surface area contributed by atoms with Crippen LogP contribution in [0.1, 0.15) is 0 Å². The second-order valence-electron chi connectivity index (χ2n) is 8.49. The molecule has 2 aromatic carbocycles. The average Bonchev–Trinajstić information content (AvgIpc) is 3.21. The highest BCUT2D eigenvalue weighted by Crippen LogP contribution is 2.45. The highest BCUT2D eigenvalue weighted by atomic mass is 35.5. The summed E-state index contributed by atoms with van der Waals surface area (Å²) in [5, 5.41) is 5.28. The molecule has 4 aromatic rings. The van der Waals surface area contributed by atoms with Crippen LogP contribution >= 0.6 is 11.6 Å². The molecule has 0 spiro atoms. The number of anilines is 4. The van der Waals surface area contributed by atoms with Gasteiger partial charge in [-0.05, 0) is 35.9 Å². The van der Waals surface area contributed by atoms with E-state index in [1.807, 2.05) is 18.6 Å². The Bertz CT molecular complexity index is 1320. The van der Waals surface area contributed by atoms with Crippen molar-refractivity contribution >= 4 is 45.3 Å². The van der Waals surface area contributed by atoms with Gasteiger partial charge in [0.1, 0.15) is 6.33 Å². The van der Waals surface area contributed by atoms with Gasteiger partial charge in [0.05, 0.1) is 40.5 Å². The first-order valence-electron chi connectivity index (χ1n) is 11.1. The van der Waals surface area contributed by atoms with E-state index >= 15 is 0 Å². The fraction of sp³-hybridized carbons (Fsp3) is 0.240. The Morgan fingerprint density at radius 2 is 1.73 bits per heavy atom. The zero-order valence-electron chi connectivity index (χ0n) is 18.4. The maximum Gasteiger partial charge on any atom is 0.115 e. The first kappa shape index (κ1) is 20.2. The van der Waals surface area contributed by atoms with Crippen molar-refractivity contribution in [2.24, 2.45) is 0 Å². The highest BCUT2D eigenvalue weighted by molar-refractivity contribution is 6.33. The van der Waals surface area contributed by atoms with Crippen molar-refractivity contribution in [2.75, 3.05) is 54.6 Å². The minimum absolute atomic E-state index is 0.734. The zero-order valence-corrected chi connectivity index (χ0v) is 19.1. The Hall–Kier alpha value is -3.42. The van der Waals surface area contributed by atoms with Gasteiger partial charge in [0.25, 0.3) is 0 Å². The molecule has 1 saturated heterocycles. The summed E-state index contributed by atoms with van der Waals surface area (Å²) in [5.41, 5.74) is 7.43.